The maximum absolute atomic E-state index is 14.9. The molecule has 150 valence electrons. The van der Waals surface area contributed by atoms with Gasteiger partial charge in [0, 0.05) is 28.2 Å². The fourth-order valence-corrected chi connectivity index (χ4v) is 3.16. The minimum Gasteiger partial charge on any atom is -0.496 e. The van der Waals surface area contributed by atoms with E-state index in [-0.39, 0.29) is 45.5 Å². The number of benzene rings is 2. The lowest BCUT2D eigenvalue weighted by molar-refractivity contribution is 0.0997. The molecule has 0 aliphatic heterocycles. The van der Waals surface area contributed by atoms with E-state index < -0.39 is 18.6 Å². The van der Waals surface area contributed by atoms with E-state index in [0.717, 1.165) is 0 Å². The highest BCUT2D eigenvalue weighted by Gasteiger charge is 2.17. The Balaban J connectivity index is 1.95. The number of nitrogens with zero attached hydrogens (tertiary/aromatic N) is 1. The van der Waals surface area contributed by atoms with Crippen molar-refractivity contribution in [2.75, 3.05) is 7.11 Å². The Hall–Kier alpha value is -2.77. The predicted octanol–water partition coefficient (Wildman–Crippen LogP) is 5.25. The third-order valence-electron chi connectivity index (χ3n) is 4.22. The molecule has 0 saturated carbocycles. The second-order valence-corrected chi connectivity index (χ2v) is 7.04. The van der Waals surface area contributed by atoms with Crippen LogP contribution in [-0.4, -0.2) is 22.9 Å². The van der Waals surface area contributed by atoms with Gasteiger partial charge in [-0.25, -0.2) is 4.39 Å². The number of primary amides is 1. The van der Waals surface area contributed by atoms with Crippen LogP contribution in [0.25, 0.3) is 10.9 Å². The van der Waals surface area contributed by atoms with Gasteiger partial charge in [-0.3, -0.25) is 9.78 Å². The van der Waals surface area contributed by atoms with E-state index in [9.17, 15) is 9.18 Å². The molecule has 3 aromatic rings. The van der Waals surface area contributed by atoms with Crippen LogP contribution in [0.3, 0.4) is 0 Å². The first-order valence-electron chi connectivity index (χ1n) is 9.93. The Labute approximate surface area is 181 Å². The standard InChI is InChI=1S/C21H18ClFN2O3S/c1-3-12(29)8-11-4-5-17(20(23)19(11)22)28-16-6-7-25-15-10-18(27-2)14(21(24)26)9-13(15)16/h4-7,9-10H,3,8H2,1-2H3,(H2,24,26)/i1D3. The van der Waals surface area contributed by atoms with Gasteiger partial charge in [-0.15, -0.1) is 0 Å². The number of methoxy groups -OCH3 is 1. The summed E-state index contributed by atoms with van der Waals surface area (Å²) in [4.78, 5) is 16.2. The van der Waals surface area contributed by atoms with Crippen molar-refractivity contribution >= 4 is 45.5 Å². The number of rotatable bonds is 7. The molecule has 8 heteroatoms. The monoisotopic (exact) mass is 435 g/mol. The Morgan fingerprint density at radius 1 is 1.31 bits per heavy atom. The quantitative estimate of drug-likeness (QED) is 0.513. The molecule has 0 atom stereocenters. The number of nitrogens with two attached hydrogens (primary N) is 1. The summed E-state index contributed by atoms with van der Waals surface area (Å²) in [7, 11) is 1.40. The van der Waals surface area contributed by atoms with Crippen molar-refractivity contribution in [3.05, 3.63) is 58.5 Å². The maximum atomic E-state index is 14.9. The normalized spacial score (nSPS) is 12.7. The zero-order valence-corrected chi connectivity index (χ0v) is 16.9. The van der Waals surface area contributed by atoms with E-state index in [1.807, 2.05) is 0 Å². The van der Waals surface area contributed by atoms with Crippen LogP contribution >= 0.6 is 23.8 Å². The molecule has 5 nitrogen and oxygen atoms in total. The number of pyridine rings is 1. The number of ether oxygens (including phenoxy) is 2. The average molecular weight is 436 g/mol. The number of hydrogen-bond acceptors (Lipinski definition) is 5. The molecular formula is C21H18ClFN2O3S. The van der Waals surface area contributed by atoms with Crippen LogP contribution in [-0.2, 0) is 6.42 Å². The smallest absolute Gasteiger partial charge is 0.252 e. The number of thiocarbonyl (C=S) groups is 1. The lowest BCUT2D eigenvalue weighted by atomic mass is 10.1. The second kappa shape index (κ2) is 8.71. The first kappa shape index (κ1) is 17.1. The van der Waals surface area contributed by atoms with Crippen LogP contribution in [0.1, 0.15) is 33.3 Å². The molecular weight excluding hydrogens is 415 g/mol. The number of fused-ring (bicyclic) bond motifs is 1. The van der Waals surface area contributed by atoms with Gasteiger partial charge in [0.1, 0.15) is 11.5 Å². The van der Waals surface area contributed by atoms with Crippen LogP contribution in [0.4, 0.5) is 4.39 Å². The first-order valence-corrected chi connectivity index (χ1v) is 9.22. The Morgan fingerprint density at radius 2 is 2.10 bits per heavy atom. The molecule has 0 unspecified atom stereocenters. The van der Waals surface area contributed by atoms with Gasteiger partial charge in [-0.2, -0.15) is 0 Å². The van der Waals surface area contributed by atoms with Crippen LogP contribution in [0.2, 0.25) is 5.02 Å². The summed E-state index contributed by atoms with van der Waals surface area (Å²) in [5, 5.41) is 0.203. The van der Waals surface area contributed by atoms with Crippen molar-refractivity contribution in [3.8, 4) is 17.2 Å². The molecule has 1 aromatic heterocycles. The fourth-order valence-electron chi connectivity index (χ4n) is 2.78. The van der Waals surface area contributed by atoms with Crippen LogP contribution < -0.4 is 15.2 Å². The number of aromatic nitrogens is 1. The number of halogens is 2. The molecule has 3 rings (SSSR count). The van der Waals surface area contributed by atoms with Gasteiger partial charge in [0.15, 0.2) is 11.6 Å². The topological polar surface area (TPSA) is 74.4 Å². The third-order valence-corrected chi connectivity index (χ3v) is 4.92. The molecule has 2 N–H and O–H groups in total. The lowest BCUT2D eigenvalue weighted by Crippen LogP contribution is -2.12. The van der Waals surface area contributed by atoms with E-state index in [1.165, 1.54) is 43.6 Å². The van der Waals surface area contributed by atoms with Crippen molar-refractivity contribution in [2.24, 2.45) is 5.73 Å². The zero-order chi connectivity index (χ0) is 23.6. The molecule has 29 heavy (non-hydrogen) atoms. The molecule has 0 radical (unpaired) electrons. The maximum Gasteiger partial charge on any atom is 0.252 e. The van der Waals surface area contributed by atoms with E-state index in [1.54, 1.807) is 0 Å². The highest BCUT2D eigenvalue weighted by Crippen LogP contribution is 2.36. The minimum atomic E-state index is -2.21. The zero-order valence-electron chi connectivity index (χ0n) is 18.3. The molecule has 0 fully saturated rings. The van der Waals surface area contributed by atoms with E-state index >= 15 is 0 Å². The second-order valence-electron chi connectivity index (χ2n) is 6.09. The molecule has 2 aromatic carbocycles. The van der Waals surface area contributed by atoms with Gasteiger partial charge < -0.3 is 15.2 Å². The summed E-state index contributed by atoms with van der Waals surface area (Å²) in [5.74, 6) is -1.22. The molecule has 0 spiro atoms. The largest absolute Gasteiger partial charge is 0.496 e. The molecule has 1 amide bonds. The SMILES string of the molecule is [2H]C([2H])([2H])CC(=S)Cc1ccc(Oc2ccnc3cc(OC)c(C(N)=O)cc23)c(F)c1Cl. The summed E-state index contributed by atoms with van der Waals surface area (Å²) in [6, 6.07) is 7.39. The summed E-state index contributed by atoms with van der Waals surface area (Å²) in [6.07, 6.45) is 1.24. The van der Waals surface area contributed by atoms with Gasteiger partial charge >= 0.3 is 0 Å². The Kier molecular flexibility index (Phi) is 5.14. The number of carbonyl (C=O) groups excluding carboxylic acids is 1. The molecule has 0 aliphatic carbocycles. The van der Waals surface area contributed by atoms with Crippen molar-refractivity contribution in [2.45, 2.75) is 19.7 Å². The number of hydrogen-bond donors (Lipinski definition) is 1. The average Bonchev–Trinajstić information content (AvgIpc) is 2.71. The van der Waals surface area contributed by atoms with Crippen LogP contribution in [0.15, 0.2) is 36.5 Å². The van der Waals surface area contributed by atoms with E-state index in [0.29, 0.717) is 16.5 Å². The van der Waals surface area contributed by atoms with E-state index in [2.05, 4.69) is 4.98 Å². The van der Waals surface area contributed by atoms with Crippen LogP contribution in [0.5, 0.6) is 17.2 Å². The number of amides is 1. The van der Waals surface area contributed by atoms with Crippen molar-refractivity contribution < 1.29 is 22.8 Å². The predicted molar refractivity (Wildman–Crippen MR) is 115 cm³/mol. The molecule has 0 saturated heterocycles. The van der Waals surface area contributed by atoms with Crippen molar-refractivity contribution in [1.29, 1.82) is 0 Å². The molecule has 0 bridgehead atoms. The molecule has 1 heterocycles. The van der Waals surface area contributed by atoms with Gasteiger partial charge in [0.2, 0.25) is 0 Å². The lowest BCUT2D eigenvalue weighted by Gasteiger charge is -2.14. The highest BCUT2D eigenvalue weighted by atomic mass is 35.5. The summed E-state index contributed by atoms with van der Waals surface area (Å²) in [5.41, 5.74) is 6.34. The number of carbonyl (C=O) groups is 1. The summed E-state index contributed by atoms with van der Waals surface area (Å²) >= 11 is 11.3. The third kappa shape index (κ3) is 4.31. The summed E-state index contributed by atoms with van der Waals surface area (Å²) < 4.78 is 47.7. The van der Waals surface area contributed by atoms with Crippen molar-refractivity contribution in [3.63, 3.8) is 0 Å². The molecule has 0 aliphatic rings. The highest BCUT2D eigenvalue weighted by molar-refractivity contribution is 7.80. The van der Waals surface area contributed by atoms with Crippen molar-refractivity contribution in [1.82, 2.24) is 4.98 Å². The minimum absolute atomic E-state index is 0.0453. The first-order chi connectivity index (χ1) is 15.0. The van der Waals surface area contributed by atoms with Gasteiger partial charge in [-0.1, -0.05) is 36.7 Å². The Bertz CT molecular complexity index is 1220. The van der Waals surface area contributed by atoms with E-state index in [4.69, 9.17) is 43.1 Å². The fraction of sp³-hybridized carbons (Fsp3) is 0.190. The Morgan fingerprint density at radius 3 is 2.79 bits per heavy atom. The van der Waals surface area contributed by atoms with Gasteiger partial charge in [0.25, 0.3) is 5.91 Å². The summed E-state index contributed by atoms with van der Waals surface area (Å²) in [6.45, 7) is -2.21. The van der Waals surface area contributed by atoms with Gasteiger partial charge in [-0.05, 0) is 35.0 Å². The van der Waals surface area contributed by atoms with Gasteiger partial charge in [0.05, 0.1) is 23.2 Å². The van der Waals surface area contributed by atoms with Crippen LogP contribution in [0, 0.1) is 5.82 Å².